The van der Waals surface area contributed by atoms with Crippen molar-refractivity contribution in [1.29, 1.82) is 0 Å². The Morgan fingerprint density at radius 1 is 1.64 bits per heavy atom. The summed E-state index contributed by atoms with van der Waals surface area (Å²) in [5, 5.41) is 0. The summed E-state index contributed by atoms with van der Waals surface area (Å²) < 4.78 is 17.2. The van der Waals surface area contributed by atoms with Gasteiger partial charge in [0.15, 0.2) is 0 Å². The SMILES string of the molecule is CC(F)C1(C)COC(=O)C1=O. The van der Waals surface area contributed by atoms with Gasteiger partial charge in [-0.25, -0.2) is 9.18 Å². The molecule has 1 heterocycles. The standard InChI is InChI=1S/C7H9FO3/c1-4(8)7(2)3-11-6(10)5(7)9/h4H,3H2,1-2H3. The molecule has 0 aromatic heterocycles. The summed E-state index contributed by atoms with van der Waals surface area (Å²) in [6.07, 6.45) is -1.35. The second-order valence-electron chi connectivity index (χ2n) is 2.94. The molecule has 0 radical (unpaired) electrons. The van der Waals surface area contributed by atoms with Crippen LogP contribution in [0.2, 0.25) is 0 Å². The summed E-state index contributed by atoms with van der Waals surface area (Å²) in [6, 6.07) is 0. The number of ketones is 1. The molecule has 0 aromatic carbocycles. The zero-order valence-electron chi connectivity index (χ0n) is 6.39. The fourth-order valence-corrected chi connectivity index (χ4v) is 0.875. The van der Waals surface area contributed by atoms with Crippen LogP contribution in [-0.4, -0.2) is 24.5 Å². The van der Waals surface area contributed by atoms with Gasteiger partial charge in [-0.1, -0.05) is 0 Å². The van der Waals surface area contributed by atoms with Crippen LogP contribution in [-0.2, 0) is 14.3 Å². The van der Waals surface area contributed by atoms with E-state index in [2.05, 4.69) is 4.74 Å². The number of esters is 1. The van der Waals surface area contributed by atoms with E-state index in [4.69, 9.17) is 0 Å². The van der Waals surface area contributed by atoms with Gasteiger partial charge in [-0.15, -0.1) is 0 Å². The number of carbonyl (C=O) groups is 2. The maximum absolute atomic E-state index is 12.8. The Morgan fingerprint density at radius 3 is 2.36 bits per heavy atom. The number of hydrogen-bond acceptors (Lipinski definition) is 3. The molecule has 1 fully saturated rings. The van der Waals surface area contributed by atoms with Gasteiger partial charge in [-0.05, 0) is 13.8 Å². The van der Waals surface area contributed by atoms with Crippen molar-refractivity contribution in [3.05, 3.63) is 0 Å². The Morgan fingerprint density at radius 2 is 2.18 bits per heavy atom. The lowest BCUT2D eigenvalue weighted by molar-refractivity contribution is -0.148. The molecular formula is C7H9FO3. The van der Waals surface area contributed by atoms with E-state index in [9.17, 15) is 14.0 Å². The number of carbonyl (C=O) groups excluding carboxylic acids is 2. The maximum Gasteiger partial charge on any atom is 0.375 e. The molecule has 2 atom stereocenters. The Labute approximate surface area is 63.5 Å². The lowest BCUT2D eigenvalue weighted by Crippen LogP contribution is -2.35. The number of rotatable bonds is 1. The van der Waals surface area contributed by atoms with Crippen molar-refractivity contribution in [2.75, 3.05) is 6.61 Å². The molecule has 0 aliphatic carbocycles. The molecule has 62 valence electrons. The fourth-order valence-electron chi connectivity index (χ4n) is 0.875. The van der Waals surface area contributed by atoms with Gasteiger partial charge in [0.05, 0.1) is 0 Å². The summed E-state index contributed by atoms with van der Waals surface area (Å²) in [7, 11) is 0. The normalized spacial score (nSPS) is 33.7. The highest BCUT2D eigenvalue weighted by Crippen LogP contribution is 2.30. The van der Waals surface area contributed by atoms with E-state index in [0.29, 0.717) is 0 Å². The van der Waals surface area contributed by atoms with Crippen molar-refractivity contribution in [2.24, 2.45) is 5.41 Å². The minimum absolute atomic E-state index is 0.137. The molecule has 0 spiro atoms. The van der Waals surface area contributed by atoms with Crippen LogP contribution in [0.3, 0.4) is 0 Å². The van der Waals surface area contributed by atoms with Crippen LogP contribution in [0.15, 0.2) is 0 Å². The molecule has 1 saturated heterocycles. The summed E-state index contributed by atoms with van der Waals surface area (Å²) in [6.45, 7) is 2.51. The molecule has 3 nitrogen and oxygen atoms in total. The van der Waals surface area contributed by atoms with E-state index in [1.165, 1.54) is 13.8 Å². The first-order valence-corrected chi connectivity index (χ1v) is 3.34. The van der Waals surface area contributed by atoms with Crippen LogP contribution in [0.25, 0.3) is 0 Å². The van der Waals surface area contributed by atoms with Crippen molar-refractivity contribution < 1.29 is 18.7 Å². The van der Waals surface area contributed by atoms with Gasteiger partial charge in [0, 0.05) is 0 Å². The third-order valence-corrected chi connectivity index (χ3v) is 2.09. The largest absolute Gasteiger partial charge is 0.459 e. The fraction of sp³-hybridized carbons (Fsp3) is 0.714. The number of ether oxygens (including phenoxy) is 1. The van der Waals surface area contributed by atoms with E-state index in [-0.39, 0.29) is 6.61 Å². The molecule has 1 aliphatic rings. The number of alkyl halides is 1. The van der Waals surface area contributed by atoms with Gasteiger partial charge in [-0.2, -0.15) is 0 Å². The van der Waals surface area contributed by atoms with Crippen LogP contribution in [0.4, 0.5) is 4.39 Å². The Bertz CT molecular complexity index is 212. The van der Waals surface area contributed by atoms with E-state index in [0.717, 1.165) is 0 Å². The number of cyclic esters (lactones) is 1. The molecule has 2 unspecified atom stereocenters. The Balaban J connectivity index is 2.90. The van der Waals surface area contributed by atoms with Crippen LogP contribution in [0, 0.1) is 5.41 Å². The molecule has 0 aromatic rings. The van der Waals surface area contributed by atoms with Crippen molar-refractivity contribution in [3.63, 3.8) is 0 Å². The topological polar surface area (TPSA) is 43.4 Å². The molecule has 1 aliphatic heterocycles. The van der Waals surface area contributed by atoms with Gasteiger partial charge in [0.25, 0.3) is 5.78 Å². The molecule has 0 N–H and O–H groups in total. The molecule has 0 bridgehead atoms. The summed E-state index contributed by atoms with van der Waals surface area (Å²) >= 11 is 0. The van der Waals surface area contributed by atoms with Crippen LogP contribution < -0.4 is 0 Å². The third kappa shape index (κ3) is 1.02. The van der Waals surface area contributed by atoms with E-state index in [1.807, 2.05) is 0 Å². The summed E-state index contributed by atoms with van der Waals surface area (Å²) in [5.41, 5.74) is -1.25. The van der Waals surface area contributed by atoms with E-state index < -0.39 is 23.3 Å². The first kappa shape index (κ1) is 8.17. The Kier molecular flexibility index (Phi) is 1.70. The first-order chi connectivity index (χ1) is 4.98. The zero-order valence-corrected chi connectivity index (χ0v) is 6.39. The van der Waals surface area contributed by atoms with Crippen molar-refractivity contribution in [1.82, 2.24) is 0 Å². The van der Waals surface area contributed by atoms with Crippen LogP contribution >= 0.6 is 0 Å². The van der Waals surface area contributed by atoms with E-state index in [1.54, 1.807) is 0 Å². The van der Waals surface area contributed by atoms with Crippen LogP contribution in [0.1, 0.15) is 13.8 Å². The molecular weight excluding hydrogens is 151 g/mol. The minimum atomic E-state index is -1.35. The number of Topliss-reactive ketones (excluding diaryl/α,β-unsaturated/α-hetero) is 1. The summed E-state index contributed by atoms with van der Waals surface area (Å²) in [5.74, 6) is -1.68. The molecule has 0 amide bonds. The minimum Gasteiger partial charge on any atom is -0.459 e. The van der Waals surface area contributed by atoms with Crippen LogP contribution in [0.5, 0.6) is 0 Å². The average Bonchev–Trinajstić information content (AvgIpc) is 2.18. The number of halogens is 1. The van der Waals surface area contributed by atoms with Gasteiger partial charge < -0.3 is 4.74 Å². The Hall–Kier alpha value is -0.930. The molecule has 1 rings (SSSR count). The van der Waals surface area contributed by atoms with Gasteiger partial charge in [-0.3, -0.25) is 4.79 Å². The van der Waals surface area contributed by atoms with Gasteiger partial charge >= 0.3 is 5.97 Å². The lowest BCUT2D eigenvalue weighted by Gasteiger charge is -2.18. The monoisotopic (exact) mass is 160 g/mol. The van der Waals surface area contributed by atoms with E-state index >= 15 is 0 Å². The molecule has 4 heteroatoms. The van der Waals surface area contributed by atoms with Gasteiger partial charge in [0.1, 0.15) is 18.2 Å². The second-order valence-corrected chi connectivity index (χ2v) is 2.94. The average molecular weight is 160 g/mol. The van der Waals surface area contributed by atoms with Crippen molar-refractivity contribution in [2.45, 2.75) is 20.0 Å². The predicted octanol–water partition coefficient (Wildman–Crippen LogP) is 0.477. The summed E-state index contributed by atoms with van der Waals surface area (Å²) in [4.78, 5) is 21.5. The van der Waals surface area contributed by atoms with Crippen molar-refractivity contribution >= 4 is 11.8 Å². The predicted molar refractivity (Wildman–Crippen MR) is 34.6 cm³/mol. The van der Waals surface area contributed by atoms with Crippen molar-refractivity contribution in [3.8, 4) is 0 Å². The van der Waals surface area contributed by atoms with Gasteiger partial charge in [0.2, 0.25) is 0 Å². The number of hydrogen-bond donors (Lipinski definition) is 0. The lowest BCUT2D eigenvalue weighted by atomic mass is 9.84. The molecule has 0 saturated carbocycles. The first-order valence-electron chi connectivity index (χ1n) is 3.34. The maximum atomic E-state index is 12.8. The quantitative estimate of drug-likeness (QED) is 0.414. The highest BCUT2D eigenvalue weighted by atomic mass is 19.1. The zero-order chi connectivity index (χ0) is 8.65. The highest BCUT2D eigenvalue weighted by molar-refractivity contribution is 6.37. The second kappa shape index (κ2) is 2.29. The smallest absolute Gasteiger partial charge is 0.375 e. The third-order valence-electron chi connectivity index (χ3n) is 2.09. The molecule has 11 heavy (non-hydrogen) atoms. The highest BCUT2D eigenvalue weighted by Gasteiger charge is 2.50.